The van der Waals surface area contributed by atoms with Crippen LogP contribution in [0.3, 0.4) is 0 Å². The first-order valence-corrected chi connectivity index (χ1v) is 8.49. The van der Waals surface area contributed by atoms with Gasteiger partial charge >= 0.3 is 0 Å². The van der Waals surface area contributed by atoms with E-state index < -0.39 is 0 Å². The molecule has 1 aromatic heterocycles. The maximum atomic E-state index is 6.02. The Kier molecular flexibility index (Phi) is 4.88. The van der Waals surface area contributed by atoms with Gasteiger partial charge in [-0.1, -0.05) is 35.1 Å². The molecule has 0 radical (unpaired) electrons. The largest absolute Gasteiger partial charge is 0.493 e. The fourth-order valence-corrected chi connectivity index (χ4v) is 3.45. The van der Waals surface area contributed by atoms with Gasteiger partial charge in [0, 0.05) is 17.1 Å². The Morgan fingerprint density at radius 2 is 2.13 bits per heavy atom. The van der Waals surface area contributed by atoms with Crippen molar-refractivity contribution >= 4 is 38.3 Å². The molecule has 0 amide bonds. The molecule has 0 aliphatic carbocycles. The smallest absolute Gasteiger partial charge is 0.184 e. The molecular formula is C17H17ClN2O2S. The number of halogens is 1. The zero-order valence-electron chi connectivity index (χ0n) is 12.9. The zero-order chi connectivity index (χ0) is 16.2. The Morgan fingerprint density at radius 3 is 2.91 bits per heavy atom. The molecule has 0 unspecified atom stereocenters. The quantitative estimate of drug-likeness (QED) is 0.683. The summed E-state index contributed by atoms with van der Waals surface area (Å²) in [5, 5.41) is 4.92. The van der Waals surface area contributed by atoms with Crippen LogP contribution in [0, 0.1) is 0 Å². The van der Waals surface area contributed by atoms with Crippen molar-refractivity contribution in [2.45, 2.75) is 13.5 Å². The van der Waals surface area contributed by atoms with Crippen LogP contribution in [0.4, 0.5) is 5.13 Å². The van der Waals surface area contributed by atoms with Crippen LogP contribution in [0.15, 0.2) is 36.4 Å². The lowest BCUT2D eigenvalue weighted by Crippen LogP contribution is -2.04. The van der Waals surface area contributed by atoms with E-state index in [2.05, 4.69) is 10.3 Å². The van der Waals surface area contributed by atoms with Gasteiger partial charge in [-0.05, 0) is 31.2 Å². The number of rotatable bonds is 6. The maximum Gasteiger partial charge on any atom is 0.184 e. The number of anilines is 1. The SMILES string of the molecule is CCOc1c(CNc2nc3ccc(Cl)cc3s2)cccc1OC. The van der Waals surface area contributed by atoms with Crippen molar-refractivity contribution in [1.82, 2.24) is 4.98 Å². The molecule has 1 N–H and O–H groups in total. The lowest BCUT2D eigenvalue weighted by Gasteiger charge is -2.14. The second-order valence-electron chi connectivity index (χ2n) is 4.87. The molecule has 3 aromatic rings. The summed E-state index contributed by atoms with van der Waals surface area (Å²) in [4.78, 5) is 4.56. The average molecular weight is 349 g/mol. The highest BCUT2D eigenvalue weighted by Crippen LogP contribution is 2.33. The molecule has 23 heavy (non-hydrogen) atoms. The molecule has 1 heterocycles. The average Bonchev–Trinajstić information content (AvgIpc) is 2.96. The Bertz CT molecular complexity index is 819. The maximum absolute atomic E-state index is 6.02. The molecule has 3 rings (SSSR count). The van der Waals surface area contributed by atoms with Crippen molar-refractivity contribution < 1.29 is 9.47 Å². The number of nitrogens with one attached hydrogen (secondary N) is 1. The minimum Gasteiger partial charge on any atom is -0.493 e. The third-order valence-electron chi connectivity index (χ3n) is 3.35. The molecule has 0 atom stereocenters. The highest BCUT2D eigenvalue weighted by atomic mass is 35.5. The molecule has 0 spiro atoms. The summed E-state index contributed by atoms with van der Waals surface area (Å²) in [6.07, 6.45) is 0. The number of para-hydroxylation sites is 1. The molecule has 0 saturated heterocycles. The van der Waals surface area contributed by atoms with E-state index in [-0.39, 0.29) is 0 Å². The van der Waals surface area contributed by atoms with E-state index in [4.69, 9.17) is 21.1 Å². The number of ether oxygens (including phenoxy) is 2. The minimum absolute atomic E-state index is 0.590. The minimum atomic E-state index is 0.590. The second-order valence-corrected chi connectivity index (χ2v) is 6.33. The predicted octanol–water partition coefficient (Wildman–Crippen LogP) is 4.97. The highest BCUT2D eigenvalue weighted by molar-refractivity contribution is 7.22. The molecule has 0 aliphatic rings. The Morgan fingerprint density at radius 1 is 1.26 bits per heavy atom. The first kappa shape index (κ1) is 15.9. The van der Waals surface area contributed by atoms with E-state index in [9.17, 15) is 0 Å². The lowest BCUT2D eigenvalue weighted by molar-refractivity contribution is 0.308. The topological polar surface area (TPSA) is 43.4 Å². The first-order valence-electron chi connectivity index (χ1n) is 7.30. The number of fused-ring (bicyclic) bond motifs is 1. The highest BCUT2D eigenvalue weighted by Gasteiger charge is 2.11. The molecule has 6 heteroatoms. The number of aromatic nitrogens is 1. The summed E-state index contributed by atoms with van der Waals surface area (Å²) in [6, 6.07) is 11.6. The molecular weight excluding hydrogens is 332 g/mol. The van der Waals surface area contributed by atoms with E-state index >= 15 is 0 Å². The summed E-state index contributed by atoms with van der Waals surface area (Å²) in [6.45, 7) is 3.16. The fourth-order valence-electron chi connectivity index (χ4n) is 2.31. The van der Waals surface area contributed by atoms with Gasteiger partial charge in [-0.25, -0.2) is 4.98 Å². The van der Waals surface area contributed by atoms with Crippen molar-refractivity contribution in [1.29, 1.82) is 0 Å². The van der Waals surface area contributed by atoms with Gasteiger partial charge in [0.25, 0.3) is 0 Å². The van der Waals surface area contributed by atoms with Crippen LogP contribution < -0.4 is 14.8 Å². The van der Waals surface area contributed by atoms with E-state index in [1.54, 1.807) is 18.4 Å². The molecule has 0 fully saturated rings. The van der Waals surface area contributed by atoms with Gasteiger partial charge in [-0.15, -0.1) is 0 Å². The van der Waals surface area contributed by atoms with Crippen LogP contribution in [0.5, 0.6) is 11.5 Å². The Balaban J connectivity index is 1.81. The monoisotopic (exact) mass is 348 g/mol. The standard InChI is InChI=1S/C17H17ClN2O2S/c1-3-22-16-11(5-4-6-14(16)21-2)10-19-17-20-13-8-7-12(18)9-15(13)23-17/h4-9H,3,10H2,1-2H3,(H,19,20). The number of nitrogens with zero attached hydrogens (tertiary/aromatic N) is 1. The Labute approximate surface area is 144 Å². The van der Waals surface area contributed by atoms with Crippen LogP contribution in [0.1, 0.15) is 12.5 Å². The number of methoxy groups -OCH3 is 1. The van der Waals surface area contributed by atoms with Crippen LogP contribution in [0.25, 0.3) is 10.2 Å². The van der Waals surface area contributed by atoms with Crippen molar-refractivity contribution in [3.05, 3.63) is 47.0 Å². The van der Waals surface area contributed by atoms with Gasteiger partial charge < -0.3 is 14.8 Å². The first-order chi connectivity index (χ1) is 11.2. The predicted molar refractivity (Wildman–Crippen MR) is 96.1 cm³/mol. The van der Waals surface area contributed by atoms with Gasteiger partial charge in [0.1, 0.15) is 0 Å². The van der Waals surface area contributed by atoms with Crippen LogP contribution in [-0.4, -0.2) is 18.7 Å². The van der Waals surface area contributed by atoms with E-state index in [1.165, 1.54) is 0 Å². The zero-order valence-corrected chi connectivity index (χ0v) is 14.5. The van der Waals surface area contributed by atoms with Crippen molar-refractivity contribution in [3.8, 4) is 11.5 Å². The van der Waals surface area contributed by atoms with Gasteiger partial charge in [0.2, 0.25) is 0 Å². The van der Waals surface area contributed by atoms with Crippen molar-refractivity contribution in [3.63, 3.8) is 0 Å². The Hall–Kier alpha value is -1.98. The van der Waals surface area contributed by atoms with Gasteiger partial charge in [-0.2, -0.15) is 0 Å². The van der Waals surface area contributed by atoms with Gasteiger partial charge in [0.05, 0.1) is 23.9 Å². The second kappa shape index (κ2) is 7.06. The summed E-state index contributed by atoms with van der Waals surface area (Å²) >= 11 is 7.60. The molecule has 4 nitrogen and oxygen atoms in total. The summed E-state index contributed by atoms with van der Waals surface area (Å²) in [5.41, 5.74) is 1.97. The van der Waals surface area contributed by atoms with E-state index in [1.807, 2.05) is 43.3 Å². The molecule has 0 bridgehead atoms. The van der Waals surface area contributed by atoms with Crippen LogP contribution in [-0.2, 0) is 6.54 Å². The number of hydrogen-bond acceptors (Lipinski definition) is 5. The molecule has 0 aliphatic heterocycles. The molecule has 0 saturated carbocycles. The third-order valence-corrected chi connectivity index (χ3v) is 4.56. The normalized spacial score (nSPS) is 10.7. The molecule has 2 aromatic carbocycles. The summed E-state index contributed by atoms with van der Waals surface area (Å²) < 4.78 is 12.2. The van der Waals surface area contributed by atoms with Gasteiger partial charge in [-0.3, -0.25) is 0 Å². The van der Waals surface area contributed by atoms with Gasteiger partial charge in [0.15, 0.2) is 16.6 Å². The van der Waals surface area contributed by atoms with Crippen LogP contribution >= 0.6 is 22.9 Å². The number of hydrogen-bond donors (Lipinski definition) is 1. The number of thiazole rings is 1. The third kappa shape index (κ3) is 3.51. The fraction of sp³-hybridized carbons (Fsp3) is 0.235. The van der Waals surface area contributed by atoms with E-state index in [0.717, 1.165) is 37.4 Å². The lowest BCUT2D eigenvalue weighted by atomic mass is 10.2. The number of benzene rings is 2. The van der Waals surface area contributed by atoms with Crippen LogP contribution in [0.2, 0.25) is 5.02 Å². The van der Waals surface area contributed by atoms with Crippen molar-refractivity contribution in [2.24, 2.45) is 0 Å². The molecule has 120 valence electrons. The summed E-state index contributed by atoms with van der Waals surface area (Å²) in [7, 11) is 1.65. The summed E-state index contributed by atoms with van der Waals surface area (Å²) in [5.74, 6) is 1.51. The van der Waals surface area contributed by atoms with Crippen molar-refractivity contribution in [2.75, 3.05) is 19.0 Å². The van der Waals surface area contributed by atoms with E-state index in [0.29, 0.717) is 13.2 Å².